The number of rotatable bonds is 5. The number of hydrogen-bond acceptors (Lipinski definition) is 5. The van der Waals surface area contributed by atoms with Gasteiger partial charge in [-0.15, -0.1) is 0 Å². The summed E-state index contributed by atoms with van der Waals surface area (Å²) < 4.78 is 5.12. The van der Waals surface area contributed by atoms with Gasteiger partial charge in [-0.05, 0) is 30.4 Å². The van der Waals surface area contributed by atoms with Crippen molar-refractivity contribution < 1.29 is 9.66 Å². The summed E-state index contributed by atoms with van der Waals surface area (Å²) in [5, 5.41) is 14.7. The van der Waals surface area contributed by atoms with Gasteiger partial charge in [0.15, 0.2) is 5.75 Å². The molecule has 1 heterocycles. The first-order valence-corrected chi connectivity index (χ1v) is 7.98. The van der Waals surface area contributed by atoms with Gasteiger partial charge in [-0.2, -0.15) is 0 Å². The molecular formula is C16H23N3O3. The van der Waals surface area contributed by atoms with Crippen molar-refractivity contribution in [3.63, 3.8) is 0 Å². The summed E-state index contributed by atoms with van der Waals surface area (Å²) in [5.41, 5.74) is 1.12. The van der Waals surface area contributed by atoms with Gasteiger partial charge >= 0.3 is 5.69 Å². The molecule has 0 amide bonds. The van der Waals surface area contributed by atoms with Crippen LogP contribution in [0.4, 0.5) is 5.69 Å². The highest BCUT2D eigenvalue weighted by atomic mass is 16.6. The fraction of sp³-hybridized carbons (Fsp3) is 0.625. The SMILES string of the molecule is COc1ccc([C@H](C2CCC2)N2CCNCC2)cc1[N+](=O)[O-]. The maximum Gasteiger partial charge on any atom is 0.311 e. The molecule has 0 spiro atoms. The zero-order valence-corrected chi connectivity index (χ0v) is 13.0. The van der Waals surface area contributed by atoms with Gasteiger partial charge in [-0.1, -0.05) is 12.5 Å². The molecular weight excluding hydrogens is 282 g/mol. The van der Waals surface area contributed by atoms with Crippen LogP contribution in [0.1, 0.15) is 30.9 Å². The zero-order chi connectivity index (χ0) is 15.5. The largest absolute Gasteiger partial charge is 0.490 e. The third-order valence-corrected chi connectivity index (χ3v) is 4.88. The smallest absolute Gasteiger partial charge is 0.311 e. The Morgan fingerprint density at radius 3 is 2.64 bits per heavy atom. The third-order valence-electron chi connectivity index (χ3n) is 4.88. The highest BCUT2D eigenvalue weighted by Gasteiger charge is 2.34. The van der Waals surface area contributed by atoms with Gasteiger partial charge in [0.1, 0.15) is 0 Å². The fourth-order valence-electron chi connectivity index (χ4n) is 3.53. The molecule has 0 aromatic heterocycles. The second-order valence-corrected chi connectivity index (χ2v) is 6.11. The summed E-state index contributed by atoms with van der Waals surface area (Å²) in [6.45, 7) is 3.98. The van der Waals surface area contributed by atoms with Crippen LogP contribution in [-0.2, 0) is 0 Å². The number of benzene rings is 1. The lowest BCUT2D eigenvalue weighted by molar-refractivity contribution is -0.385. The van der Waals surface area contributed by atoms with Gasteiger partial charge in [0.2, 0.25) is 0 Å². The van der Waals surface area contributed by atoms with Crippen molar-refractivity contribution in [2.45, 2.75) is 25.3 Å². The summed E-state index contributed by atoms with van der Waals surface area (Å²) in [6.07, 6.45) is 3.70. The number of nitro benzene ring substituents is 1. The Morgan fingerprint density at radius 2 is 2.09 bits per heavy atom. The van der Waals surface area contributed by atoms with E-state index in [4.69, 9.17) is 4.74 Å². The number of hydrogen-bond donors (Lipinski definition) is 1. The minimum absolute atomic E-state index is 0.0689. The second kappa shape index (κ2) is 6.62. The first-order chi connectivity index (χ1) is 10.7. The van der Waals surface area contributed by atoms with Gasteiger partial charge in [-0.3, -0.25) is 15.0 Å². The fourth-order valence-corrected chi connectivity index (χ4v) is 3.53. The van der Waals surface area contributed by atoms with E-state index in [-0.39, 0.29) is 10.6 Å². The highest BCUT2D eigenvalue weighted by Crippen LogP contribution is 2.43. The van der Waals surface area contributed by atoms with Crippen LogP contribution in [0.3, 0.4) is 0 Å². The van der Waals surface area contributed by atoms with E-state index in [1.54, 1.807) is 12.1 Å². The van der Waals surface area contributed by atoms with E-state index in [1.807, 2.05) is 6.07 Å². The minimum Gasteiger partial charge on any atom is -0.490 e. The molecule has 1 saturated heterocycles. The number of nitrogens with one attached hydrogen (secondary N) is 1. The summed E-state index contributed by atoms with van der Waals surface area (Å²) in [5.74, 6) is 0.951. The average Bonchev–Trinajstić information content (AvgIpc) is 2.51. The third kappa shape index (κ3) is 2.94. The number of nitro groups is 1. The van der Waals surface area contributed by atoms with Crippen LogP contribution < -0.4 is 10.1 Å². The summed E-state index contributed by atoms with van der Waals surface area (Å²) in [7, 11) is 1.47. The molecule has 6 nitrogen and oxygen atoms in total. The Morgan fingerprint density at radius 1 is 1.36 bits per heavy atom. The summed E-state index contributed by atoms with van der Waals surface area (Å²) in [4.78, 5) is 13.4. The van der Waals surface area contributed by atoms with E-state index in [0.717, 1.165) is 31.7 Å². The van der Waals surface area contributed by atoms with E-state index in [1.165, 1.54) is 26.4 Å². The zero-order valence-electron chi connectivity index (χ0n) is 13.0. The van der Waals surface area contributed by atoms with Crippen LogP contribution in [-0.4, -0.2) is 43.1 Å². The van der Waals surface area contributed by atoms with Crippen LogP contribution in [0.5, 0.6) is 5.75 Å². The predicted octanol–water partition coefficient (Wildman–Crippen LogP) is 2.35. The normalized spacial score (nSPS) is 21.1. The second-order valence-electron chi connectivity index (χ2n) is 6.11. The monoisotopic (exact) mass is 305 g/mol. The topological polar surface area (TPSA) is 67.6 Å². The van der Waals surface area contributed by atoms with Crippen molar-refractivity contribution in [3.8, 4) is 5.75 Å². The highest BCUT2D eigenvalue weighted by molar-refractivity contribution is 5.49. The molecule has 2 aliphatic rings. The van der Waals surface area contributed by atoms with Crippen LogP contribution in [0.2, 0.25) is 0 Å². The van der Waals surface area contributed by atoms with Crippen molar-refractivity contribution in [2.75, 3.05) is 33.3 Å². The Bertz CT molecular complexity index is 539. The van der Waals surface area contributed by atoms with E-state index in [9.17, 15) is 10.1 Å². The molecule has 1 N–H and O–H groups in total. The molecule has 2 fully saturated rings. The van der Waals surface area contributed by atoms with Crippen molar-refractivity contribution in [2.24, 2.45) is 5.92 Å². The molecule has 1 saturated carbocycles. The molecule has 3 rings (SSSR count). The van der Waals surface area contributed by atoms with E-state index >= 15 is 0 Å². The molecule has 0 unspecified atom stereocenters. The van der Waals surface area contributed by atoms with E-state index in [2.05, 4.69) is 10.2 Å². The lowest BCUT2D eigenvalue weighted by Gasteiger charge is -2.43. The Kier molecular flexibility index (Phi) is 4.59. The van der Waals surface area contributed by atoms with E-state index < -0.39 is 0 Å². The first-order valence-electron chi connectivity index (χ1n) is 7.98. The molecule has 0 radical (unpaired) electrons. The van der Waals surface area contributed by atoms with Crippen LogP contribution in [0.15, 0.2) is 18.2 Å². The molecule has 22 heavy (non-hydrogen) atoms. The van der Waals surface area contributed by atoms with E-state index in [0.29, 0.717) is 17.7 Å². The molecule has 6 heteroatoms. The molecule has 1 aliphatic carbocycles. The van der Waals surface area contributed by atoms with Crippen molar-refractivity contribution in [1.82, 2.24) is 10.2 Å². The van der Waals surface area contributed by atoms with Crippen molar-refractivity contribution in [3.05, 3.63) is 33.9 Å². The lowest BCUT2D eigenvalue weighted by atomic mass is 9.76. The predicted molar refractivity (Wildman–Crippen MR) is 84.2 cm³/mol. The maximum atomic E-state index is 11.3. The molecule has 1 aromatic carbocycles. The van der Waals surface area contributed by atoms with Crippen molar-refractivity contribution >= 4 is 5.69 Å². The first kappa shape index (κ1) is 15.2. The molecule has 0 bridgehead atoms. The molecule has 1 atom stereocenters. The summed E-state index contributed by atoms with van der Waals surface area (Å²) in [6, 6.07) is 5.74. The van der Waals surface area contributed by atoms with Crippen molar-refractivity contribution in [1.29, 1.82) is 0 Å². The maximum absolute atomic E-state index is 11.3. The average molecular weight is 305 g/mol. The Hall–Kier alpha value is -1.66. The van der Waals surface area contributed by atoms with Crippen LogP contribution in [0, 0.1) is 16.0 Å². The quantitative estimate of drug-likeness (QED) is 0.668. The number of ether oxygens (including phenoxy) is 1. The van der Waals surface area contributed by atoms with Gasteiger partial charge in [0.05, 0.1) is 12.0 Å². The van der Waals surface area contributed by atoms with Gasteiger partial charge in [0.25, 0.3) is 0 Å². The molecule has 1 aromatic rings. The summed E-state index contributed by atoms with van der Waals surface area (Å²) >= 11 is 0. The number of methoxy groups -OCH3 is 1. The van der Waals surface area contributed by atoms with Crippen LogP contribution >= 0.6 is 0 Å². The van der Waals surface area contributed by atoms with Crippen LogP contribution in [0.25, 0.3) is 0 Å². The van der Waals surface area contributed by atoms with Gasteiger partial charge < -0.3 is 10.1 Å². The minimum atomic E-state index is -0.349. The van der Waals surface area contributed by atoms with Gasteiger partial charge in [0, 0.05) is 38.3 Å². The standard InChI is InChI=1S/C16H23N3O3/c1-22-15-6-5-13(11-14(15)19(20)21)16(12-3-2-4-12)18-9-7-17-8-10-18/h5-6,11-12,16-17H,2-4,7-10H2,1H3/t16-/m0/s1. The Balaban J connectivity index is 1.92. The molecule has 120 valence electrons. The number of piperazine rings is 1. The number of nitrogens with zero attached hydrogens (tertiary/aromatic N) is 2. The molecule has 1 aliphatic heterocycles. The van der Waals surface area contributed by atoms with Gasteiger partial charge in [-0.25, -0.2) is 0 Å². The Labute approximate surface area is 130 Å². The lowest BCUT2D eigenvalue weighted by Crippen LogP contribution is -2.47.